The first-order valence-corrected chi connectivity index (χ1v) is 7.99. The van der Waals surface area contributed by atoms with Gasteiger partial charge in [-0.05, 0) is 29.7 Å². The number of benzene rings is 2. The summed E-state index contributed by atoms with van der Waals surface area (Å²) in [5.74, 6) is 0. The van der Waals surface area contributed by atoms with Crippen LogP contribution in [0.1, 0.15) is 30.5 Å². The van der Waals surface area contributed by atoms with E-state index in [1.807, 2.05) is 0 Å². The molecule has 1 N–H and O–H groups in total. The van der Waals surface area contributed by atoms with Gasteiger partial charge in [0.15, 0.2) is 0 Å². The van der Waals surface area contributed by atoms with Gasteiger partial charge < -0.3 is 10.2 Å². The van der Waals surface area contributed by atoms with E-state index in [0.29, 0.717) is 6.04 Å². The number of anilines is 1. The lowest BCUT2D eigenvalue weighted by Gasteiger charge is -2.35. The lowest BCUT2D eigenvalue weighted by Crippen LogP contribution is -2.45. The highest BCUT2D eigenvalue weighted by Gasteiger charge is 2.20. The van der Waals surface area contributed by atoms with Gasteiger partial charge in [-0.25, -0.2) is 0 Å². The maximum absolute atomic E-state index is 3.63. The lowest BCUT2D eigenvalue weighted by molar-refractivity contribution is 0.472. The third kappa shape index (κ3) is 3.45. The lowest BCUT2D eigenvalue weighted by atomic mass is 10.0. The van der Waals surface area contributed by atoms with Gasteiger partial charge in [0.1, 0.15) is 0 Å². The maximum Gasteiger partial charge on any atom is 0.0498 e. The molecule has 0 aliphatic carbocycles. The van der Waals surface area contributed by atoms with Gasteiger partial charge in [-0.3, -0.25) is 0 Å². The average molecular weight is 280 g/mol. The number of hydrogen-bond acceptors (Lipinski definition) is 2. The Labute approximate surface area is 127 Å². The number of rotatable bonds is 4. The monoisotopic (exact) mass is 280 g/mol. The first-order valence-electron chi connectivity index (χ1n) is 7.99. The van der Waals surface area contributed by atoms with Crippen LogP contribution in [0.5, 0.6) is 0 Å². The Hall–Kier alpha value is -1.80. The third-order valence-electron chi connectivity index (χ3n) is 4.22. The number of aryl methyl sites for hydroxylation is 1. The van der Waals surface area contributed by atoms with E-state index in [1.165, 1.54) is 29.7 Å². The van der Waals surface area contributed by atoms with Crippen LogP contribution in [0.4, 0.5) is 5.69 Å². The summed E-state index contributed by atoms with van der Waals surface area (Å²) in [6.07, 6.45) is 2.39. The van der Waals surface area contributed by atoms with Crippen LogP contribution in [0, 0.1) is 0 Å². The zero-order valence-corrected chi connectivity index (χ0v) is 12.8. The molecule has 2 aromatic carbocycles. The van der Waals surface area contributed by atoms with E-state index in [4.69, 9.17) is 0 Å². The van der Waals surface area contributed by atoms with Crippen LogP contribution in [0.3, 0.4) is 0 Å². The first-order chi connectivity index (χ1) is 10.4. The Bertz CT molecular complexity index is 548. The minimum Gasteiger partial charge on any atom is -0.368 e. The van der Waals surface area contributed by atoms with Crippen molar-refractivity contribution in [2.24, 2.45) is 0 Å². The molecular formula is C19H24N2. The summed E-state index contributed by atoms with van der Waals surface area (Å²) in [7, 11) is 0. The summed E-state index contributed by atoms with van der Waals surface area (Å²) in [4.78, 5) is 2.49. The van der Waals surface area contributed by atoms with Crippen molar-refractivity contribution < 1.29 is 0 Å². The van der Waals surface area contributed by atoms with E-state index in [-0.39, 0.29) is 0 Å². The summed E-state index contributed by atoms with van der Waals surface area (Å²) >= 11 is 0. The summed E-state index contributed by atoms with van der Waals surface area (Å²) in [6.45, 7) is 5.39. The highest BCUT2D eigenvalue weighted by molar-refractivity contribution is 5.48. The Kier molecular flexibility index (Phi) is 4.56. The van der Waals surface area contributed by atoms with Crippen LogP contribution in [0.15, 0.2) is 54.6 Å². The minimum atomic E-state index is 0.426. The molecule has 21 heavy (non-hydrogen) atoms. The molecule has 0 bridgehead atoms. The molecule has 0 amide bonds. The Balaban J connectivity index is 1.71. The Morgan fingerprint density at radius 2 is 1.81 bits per heavy atom. The summed E-state index contributed by atoms with van der Waals surface area (Å²) in [5, 5.41) is 3.63. The highest BCUT2D eigenvalue weighted by Crippen LogP contribution is 2.23. The molecule has 1 aliphatic rings. The second-order valence-electron chi connectivity index (χ2n) is 5.78. The molecule has 2 nitrogen and oxygen atoms in total. The van der Waals surface area contributed by atoms with Crippen LogP contribution in [-0.4, -0.2) is 19.6 Å². The molecule has 3 rings (SSSR count). The number of hydrogen-bond donors (Lipinski definition) is 1. The Morgan fingerprint density at radius 1 is 1.05 bits per heavy atom. The zero-order chi connectivity index (χ0) is 14.5. The van der Waals surface area contributed by atoms with Crippen LogP contribution in [0.2, 0.25) is 0 Å². The molecule has 2 aromatic rings. The normalized spacial score (nSPS) is 18.7. The van der Waals surface area contributed by atoms with Crippen LogP contribution < -0.4 is 10.2 Å². The van der Waals surface area contributed by atoms with Crippen molar-refractivity contribution in [3.63, 3.8) is 0 Å². The molecule has 0 spiro atoms. The van der Waals surface area contributed by atoms with Crippen LogP contribution in [0.25, 0.3) is 0 Å². The fraction of sp³-hybridized carbons (Fsp3) is 0.368. The largest absolute Gasteiger partial charge is 0.368 e. The van der Waals surface area contributed by atoms with Gasteiger partial charge in [0.2, 0.25) is 0 Å². The Morgan fingerprint density at radius 3 is 2.52 bits per heavy atom. The van der Waals surface area contributed by atoms with Crippen molar-refractivity contribution in [2.45, 2.75) is 25.8 Å². The molecule has 0 radical (unpaired) electrons. The fourth-order valence-corrected chi connectivity index (χ4v) is 3.06. The number of piperazine rings is 1. The molecule has 1 fully saturated rings. The summed E-state index contributed by atoms with van der Waals surface area (Å²) in [6, 6.07) is 20.3. The topological polar surface area (TPSA) is 15.3 Å². The van der Waals surface area contributed by atoms with Crippen molar-refractivity contribution in [1.29, 1.82) is 0 Å². The molecular weight excluding hydrogens is 256 g/mol. The van der Waals surface area contributed by atoms with E-state index in [9.17, 15) is 0 Å². The minimum absolute atomic E-state index is 0.426. The van der Waals surface area contributed by atoms with Crippen molar-refractivity contribution in [3.05, 3.63) is 65.7 Å². The van der Waals surface area contributed by atoms with Gasteiger partial charge in [-0.15, -0.1) is 0 Å². The second-order valence-corrected chi connectivity index (χ2v) is 5.78. The fourth-order valence-electron chi connectivity index (χ4n) is 3.06. The van der Waals surface area contributed by atoms with Crippen LogP contribution in [-0.2, 0) is 6.42 Å². The molecule has 1 atom stereocenters. The van der Waals surface area contributed by atoms with Crippen molar-refractivity contribution in [1.82, 2.24) is 5.32 Å². The predicted molar refractivity (Wildman–Crippen MR) is 89.8 cm³/mol. The molecule has 1 heterocycles. The zero-order valence-electron chi connectivity index (χ0n) is 12.8. The summed E-state index contributed by atoms with van der Waals surface area (Å²) < 4.78 is 0. The summed E-state index contributed by atoms with van der Waals surface area (Å²) in [5.41, 5.74) is 4.16. The highest BCUT2D eigenvalue weighted by atomic mass is 15.2. The molecule has 1 unspecified atom stereocenters. The first kappa shape index (κ1) is 14.2. The standard InChI is InChI=1S/C19H24N2/c1-2-6-16-9-11-18(12-10-16)21-14-13-20-19(15-21)17-7-4-3-5-8-17/h3-5,7-12,19-20H,2,6,13-15H2,1H3. The molecule has 1 saturated heterocycles. The maximum atomic E-state index is 3.63. The second kappa shape index (κ2) is 6.77. The SMILES string of the molecule is CCCc1ccc(N2CCNC(c3ccccc3)C2)cc1. The van der Waals surface area contributed by atoms with Gasteiger partial charge in [0.25, 0.3) is 0 Å². The molecule has 0 aromatic heterocycles. The average Bonchev–Trinajstić information content (AvgIpc) is 2.57. The van der Waals surface area contributed by atoms with Gasteiger partial charge in [0.05, 0.1) is 0 Å². The van der Waals surface area contributed by atoms with E-state index in [2.05, 4.69) is 71.7 Å². The van der Waals surface area contributed by atoms with Gasteiger partial charge in [0, 0.05) is 31.4 Å². The third-order valence-corrected chi connectivity index (χ3v) is 4.22. The van der Waals surface area contributed by atoms with E-state index in [1.54, 1.807) is 0 Å². The smallest absolute Gasteiger partial charge is 0.0498 e. The molecule has 1 aliphatic heterocycles. The van der Waals surface area contributed by atoms with Gasteiger partial charge >= 0.3 is 0 Å². The molecule has 110 valence electrons. The van der Waals surface area contributed by atoms with Gasteiger partial charge in [-0.1, -0.05) is 55.8 Å². The van der Waals surface area contributed by atoms with Crippen LogP contribution >= 0.6 is 0 Å². The van der Waals surface area contributed by atoms with Crippen molar-refractivity contribution in [2.75, 3.05) is 24.5 Å². The molecule has 2 heteroatoms. The molecule has 0 saturated carbocycles. The van der Waals surface area contributed by atoms with Crippen molar-refractivity contribution in [3.8, 4) is 0 Å². The van der Waals surface area contributed by atoms with Crippen molar-refractivity contribution >= 4 is 5.69 Å². The number of nitrogens with zero attached hydrogens (tertiary/aromatic N) is 1. The van der Waals surface area contributed by atoms with Gasteiger partial charge in [-0.2, -0.15) is 0 Å². The van der Waals surface area contributed by atoms with E-state index < -0.39 is 0 Å². The number of nitrogens with one attached hydrogen (secondary N) is 1. The quantitative estimate of drug-likeness (QED) is 0.916. The van der Waals surface area contributed by atoms with E-state index >= 15 is 0 Å². The van der Waals surface area contributed by atoms with E-state index in [0.717, 1.165) is 19.6 Å². The predicted octanol–water partition coefficient (Wildman–Crippen LogP) is 3.79.